The summed E-state index contributed by atoms with van der Waals surface area (Å²) in [6.45, 7) is 5.28. The van der Waals surface area contributed by atoms with E-state index in [4.69, 9.17) is 4.74 Å². The second kappa shape index (κ2) is 10.9. The molecule has 186 valence electrons. The minimum atomic E-state index is -4.32. The van der Waals surface area contributed by atoms with Gasteiger partial charge < -0.3 is 9.30 Å². The van der Waals surface area contributed by atoms with Gasteiger partial charge >= 0.3 is 5.97 Å². The van der Waals surface area contributed by atoms with Crippen molar-refractivity contribution in [2.45, 2.75) is 27.4 Å². The first kappa shape index (κ1) is 26.0. The molecular formula is C31H27O5P. The first-order valence-corrected chi connectivity index (χ1v) is 13.6. The first-order valence-electron chi connectivity index (χ1n) is 11.9. The van der Waals surface area contributed by atoms with Crippen LogP contribution in [0, 0.1) is 20.8 Å². The van der Waals surface area contributed by atoms with Crippen LogP contribution in [-0.4, -0.2) is 17.0 Å². The molecule has 0 aliphatic carbocycles. The number of hydrogen-bond donors (Lipinski definition) is 0. The van der Waals surface area contributed by atoms with E-state index >= 15 is 0 Å². The van der Waals surface area contributed by atoms with Crippen molar-refractivity contribution in [3.63, 3.8) is 0 Å². The molecule has 0 radical (unpaired) electrons. The highest BCUT2D eigenvalue weighted by atomic mass is 31.2. The Morgan fingerprint density at radius 2 is 1.24 bits per heavy atom. The molecule has 0 heterocycles. The van der Waals surface area contributed by atoms with Crippen LogP contribution in [0.4, 0.5) is 0 Å². The van der Waals surface area contributed by atoms with E-state index in [1.165, 1.54) is 6.07 Å². The Morgan fingerprint density at radius 3 is 1.86 bits per heavy atom. The van der Waals surface area contributed by atoms with E-state index in [-0.39, 0.29) is 17.5 Å². The molecule has 0 aromatic heterocycles. The Morgan fingerprint density at radius 1 is 0.703 bits per heavy atom. The third-order valence-electron chi connectivity index (χ3n) is 6.20. The van der Waals surface area contributed by atoms with Gasteiger partial charge in [0.15, 0.2) is 0 Å². The number of carbonyl (C=O) groups is 3. The van der Waals surface area contributed by atoms with Gasteiger partial charge in [0.1, 0.15) is 6.61 Å². The second-order valence-corrected chi connectivity index (χ2v) is 11.5. The van der Waals surface area contributed by atoms with E-state index in [1.807, 2.05) is 19.1 Å². The number of ether oxygens (including phenoxy) is 1. The molecule has 0 amide bonds. The number of rotatable bonds is 8. The van der Waals surface area contributed by atoms with E-state index in [1.54, 1.807) is 92.7 Å². The third kappa shape index (κ3) is 5.23. The number of esters is 1. The summed E-state index contributed by atoms with van der Waals surface area (Å²) in [5.41, 5.74) is 1.94. The molecule has 4 aromatic carbocycles. The second-order valence-electron chi connectivity index (χ2n) is 8.93. The van der Waals surface area contributed by atoms with Gasteiger partial charge in [0.2, 0.25) is 18.2 Å². The average molecular weight is 511 g/mol. The van der Waals surface area contributed by atoms with Crippen LogP contribution in [0.5, 0.6) is 0 Å². The highest BCUT2D eigenvalue weighted by molar-refractivity contribution is 8.01. The lowest BCUT2D eigenvalue weighted by molar-refractivity contribution is 0.0471. The van der Waals surface area contributed by atoms with Gasteiger partial charge in [-0.25, -0.2) is 4.79 Å². The third-order valence-corrected chi connectivity index (χ3v) is 8.83. The van der Waals surface area contributed by atoms with Crippen LogP contribution in [0.2, 0.25) is 0 Å². The molecule has 0 saturated carbocycles. The number of benzene rings is 4. The van der Waals surface area contributed by atoms with Crippen LogP contribution in [0.25, 0.3) is 0 Å². The highest BCUT2D eigenvalue weighted by Gasteiger charge is 2.44. The molecule has 0 N–H and O–H groups in total. The summed E-state index contributed by atoms with van der Waals surface area (Å²) in [5.74, 6) is -0.545. The molecule has 0 fully saturated rings. The zero-order valence-corrected chi connectivity index (χ0v) is 21.8. The maximum Gasteiger partial charge on any atom is 0.338 e. The maximum absolute atomic E-state index is 14.7. The van der Waals surface area contributed by atoms with Crippen molar-refractivity contribution in [2.24, 2.45) is 0 Å². The molecule has 0 aliphatic rings. The molecule has 0 saturated heterocycles. The molecule has 4 aromatic rings. The summed E-state index contributed by atoms with van der Waals surface area (Å²) in [6, 6.07) is 26.8. The van der Waals surface area contributed by atoms with Crippen molar-refractivity contribution >= 4 is 29.5 Å². The van der Waals surface area contributed by atoms with Crippen LogP contribution in [0.1, 0.15) is 53.3 Å². The van der Waals surface area contributed by atoms with Crippen molar-refractivity contribution in [3.05, 3.63) is 136 Å². The van der Waals surface area contributed by atoms with Gasteiger partial charge in [-0.2, -0.15) is 0 Å². The summed E-state index contributed by atoms with van der Waals surface area (Å²) < 4.78 is 20.2. The molecule has 0 bridgehead atoms. The molecule has 5 nitrogen and oxygen atoms in total. The van der Waals surface area contributed by atoms with Gasteiger partial charge in [0, 0.05) is 22.0 Å². The van der Waals surface area contributed by atoms with Crippen molar-refractivity contribution < 1.29 is 23.7 Å². The fourth-order valence-corrected chi connectivity index (χ4v) is 6.94. The van der Waals surface area contributed by atoms with Gasteiger partial charge in [-0.1, -0.05) is 90.5 Å². The highest BCUT2D eigenvalue weighted by Crippen LogP contribution is 2.52. The topological polar surface area (TPSA) is 77.5 Å². The number of aryl methyl sites for hydroxylation is 3. The molecule has 4 rings (SSSR count). The van der Waals surface area contributed by atoms with Gasteiger partial charge in [-0.15, -0.1) is 0 Å². The summed E-state index contributed by atoms with van der Waals surface area (Å²) in [4.78, 5) is 40.6. The van der Waals surface area contributed by atoms with Crippen LogP contribution in [0.3, 0.4) is 0 Å². The Bertz CT molecular complexity index is 1500. The van der Waals surface area contributed by atoms with Crippen LogP contribution < -0.4 is 5.30 Å². The van der Waals surface area contributed by atoms with Gasteiger partial charge in [0.05, 0.1) is 5.56 Å². The van der Waals surface area contributed by atoms with E-state index in [2.05, 4.69) is 0 Å². The largest absolute Gasteiger partial charge is 0.457 e. The monoisotopic (exact) mass is 510 g/mol. The zero-order chi connectivity index (χ0) is 26.6. The van der Waals surface area contributed by atoms with Crippen molar-refractivity contribution in [2.75, 3.05) is 0 Å². The predicted molar refractivity (Wildman–Crippen MR) is 145 cm³/mol. The lowest BCUT2D eigenvalue weighted by atomic mass is 10.0. The van der Waals surface area contributed by atoms with Crippen molar-refractivity contribution in [3.8, 4) is 0 Å². The fraction of sp³-hybridized carbons (Fsp3) is 0.129. The number of carbonyl (C=O) groups excluding carboxylic acids is 3. The lowest BCUT2D eigenvalue weighted by Gasteiger charge is -2.20. The summed E-state index contributed by atoms with van der Waals surface area (Å²) >= 11 is 0. The SMILES string of the molecule is Cc1cc(C)c(C(=O)P(=O)(C(=O)c2ccccc2COC(=O)c2ccccc2)c2ccccc2)c(C)c1. The van der Waals surface area contributed by atoms with Crippen LogP contribution >= 0.6 is 7.14 Å². The van der Waals surface area contributed by atoms with Crippen LogP contribution in [-0.2, 0) is 15.9 Å². The van der Waals surface area contributed by atoms with Gasteiger partial charge in [-0.05, 0) is 44.0 Å². The normalized spacial score (nSPS) is 12.4. The van der Waals surface area contributed by atoms with Crippen molar-refractivity contribution in [1.29, 1.82) is 0 Å². The van der Waals surface area contributed by atoms with E-state index < -0.39 is 24.2 Å². The molecule has 0 aliphatic heterocycles. The summed E-state index contributed by atoms with van der Waals surface area (Å²) in [6.07, 6.45) is 0. The van der Waals surface area contributed by atoms with Crippen LogP contribution in [0.15, 0.2) is 97.1 Å². The quantitative estimate of drug-likeness (QED) is 0.196. The Hall–Kier alpha value is -4.08. The Labute approximate surface area is 216 Å². The first-order chi connectivity index (χ1) is 17.7. The van der Waals surface area contributed by atoms with E-state index in [0.29, 0.717) is 27.8 Å². The molecule has 6 heteroatoms. The minimum absolute atomic E-state index is 0.0892. The Balaban J connectivity index is 1.77. The summed E-state index contributed by atoms with van der Waals surface area (Å²) in [5, 5.41) is 0.167. The standard InChI is InChI=1S/C31H27O5P/c1-21-18-22(2)28(23(3)19-21)31(34)37(35,26-15-8-5-9-16-26)30(33)27-17-11-10-14-25(27)20-36-29(32)24-12-6-4-7-13-24/h4-19H,20H2,1-3H3. The molecule has 1 unspecified atom stereocenters. The molecule has 37 heavy (non-hydrogen) atoms. The minimum Gasteiger partial charge on any atom is -0.457 e. The molecule has 1 atom stereocenters. The van der Waals surface area contributed by atoms with Gasteiger partial charge in [-0.3, -0.25) is 9.59 Å². The molecular weight excluding hydrogens is 483 g/mol. The smallest absolute Gasteiger partial charge is 0.338 e. The fourth-order valence-electron chi connectivity index (χ4n) is 4.46. The zero-order valence-electron chi connectivity index (χ0n) is 20.9. The maximum atomic E-state index is 14.7. The molecule has 0 spiro atoms. The van der Waals surface area contributed by atoms with E-state index in [0.717, 1.165) is 5.56 Å². The van der Waals surface area contributed by atoms with Crippen molar-refractivity contribution in [1.82, 2.24) is 0 Å². The number of hydrogen-bond acceptors (Lipinski definition) is 5. The lowest BCUT2D eigenvalue weighted by Crippen LogP contribution is -2.22. The van der Waals surface area contributed by atoms with E-state index in [9.17, 15) is 18.9 Å². The summed E-state index contributed by atoms with van der Waals surface area (Å²) in [7, 11) is -4.32. The predicted octanol–water partition coefficient (Wildman–Crippen LogP) is 6.64. The average Bonchev–Trinajstić information content (AvgIpc) is 2.91. The van der Waals surface area contributed by atoms with Gasteiger partial charge in [0.25, 0.3) is 0 Å². The Kier molecular flexibility index (Phi) is 7.66.